The maximum absolute atomic E-state index is 14.5. The van der Waals surface area contributed by atoms with Crippen LogP contribution in [0.3, 0.4) is 0 Å². The molecule has 6 fully saturated rings. The zero-order valence-corrected chi connectivity index (χ0v) is 22.5. The number of nitriles is 1. The molecule has 0 radical (unpaired) electrons. The van der Waals surface area contributed by atoms with Crippen molar-refractivity contribution in [2.75, 3.05) is 0 Å². The number of Topliss-reactive ketones (excluding diaryl/α,β-unsaturated/α-hetero) is 1. The Kier molecular flexibility index (Phi) is 3.67. The van der Waals surface area contributed by atoms with Crippen molar-refractivity contribution >= 4 is 17.5 Å². The highest BCUT2D eigenvalue weighted by Gasteiger charge is 2.86. The molecule has 5 heteroatoms. The van der Waals surface area contributed by atoms with Crippen molar-refractivity contribution in [3.8, 4) is 6.07 Å². The molecule has 0 aromatic carbocycles. The monoisotopic (exact) mass is 487 g/mol. The molecule has 0 amide bonds. The molecule has 190 valence electrons. The average Bonchev–Trinajstić information content (AvgIpc) is 3.46. The van der Waals surface area contributed by atoms with E-state index < -0.39 is 32.7 Å². The first-order valence-electron chi connectivity index (χ1n) is 13.8. The molecule has 0 aromatic heterocycles. The van der Waals surface area contributed by atoms with Gasteiger partial charge in [0.1, 0.15) is 11.7 Å². The zero-order chi connectivity index (χ0) is 25.9. The van der Waals surface area contributed by atoms with Gasteiger partial charge in [-0.1, -0.05) is 40.7 Å². The Bertz CT molecular complexity index is 1320. The predicted octanol–water partition coefficient (Wildman–Crippen LogP) is 5.64. The van der Waals surface area contributed by atoms with Crippen LogP contribution in [-0.2, 0) is 19.1 Å². The number of hydrogen-bond donors (Lipinski definition) is 0. The molecular formula is C31H37NO4. The van der Waals surface area contributed by atoms with Crippen molar-refractivity contribution in [1.29, 1.82) is 5.26 Å². The van der Waals surface area contributed by atoms with E-state index in [1.165, 1.54) is 0 Å². The molecule has 2 aliphatic heterocycles. The van der Waals surface area contributed by atoms with Gasteiger partial charge < -0.3 is 4.74 Å². The third-order valence-corrected chi connectivity index (χ3v) is 13.6. The number of rotatable bonds is 0. The van der Waals surface area contributed by atoms with Gasteiger partial charge in [-0.15, -0.1) is 0 Å². The van der Waals surface area contributed by atoms with E-state index in [-0.39, 0.29) is 39.9 Å². The summed E-state index contributed by atoms with van der Waals surface area (Å²) in [4.78, 5) is 41.7. The van der Waals surface area contributed by atoms with E-state index in [0.717, 1.165) is 50.5 Å². The van der Waals surface area contributed by atoms with Crippen LogP contribution in [0.5, 0.6) is 0 Å². The second kappa shape index (κ2) is 5.77. The second-order valence-corrected chi connectivity index (χ2v) is 15.0. The van der Waals surface area contributed by atoms with Gasteiger partial charge in [-0.05, 0) is 86.7 Å². The number of ketones is 2. The van der Waals surface area contributed by atoms with Crippen LogP contribution < -0.4 is 0 Å². The maximum atomic E-state index is 14.5. The lowest BCUT2D eigenvalue weighted by Gasteiger charge is -2.74. The Hall–Kier alpha value is -2.22. The fraction of sp³-hybridized carbons (Fsp3) is 0.742. The lowest BCUT2D eigenvalue weighted by Crippen LogP contribution is -2.79. The van der Waals surface area contributed by atoms with Gasteiger partial charge in [-0.2, -0.15) is 5.26 Å². The van der Waals surface area contributed by atoms with Crippen LogP contribution >= 0.6 is 0 Å². The van der Waals surface area contributed by atoms with Crippen molar-refractivity contribution < 1.29 is 19.1 Å². The number of ether oxygens (including phenoxy) is 1. The Morgan fingerprint density at radius 2 is 1.61 bits per heavy atom. The van der Waals surface area contributed by atoms with Gasteiger partial charge in [0.05, 0.1) is 16.4 Å². The maximum Gasteiger partial charge on any atom is 0.313 e. The number of carbonyl (C=O) groups is 3. The molecule has 2 unspecified atom stereocenters. The van der Waals surface area contributed by atoms with E-state index in [4.69, 9.17) is 4.74 Å². The summed E-state index contributed by atoms with van der Waals surface area (Å²) in [6.45, 7) is 13.0. The highest BCUT2D eigenvalue weighted by Crippen LogP contribution is 2.86. The van der Waals surface area contributed by atoms with Gasteiger partial charge in [-0.3, -0.25) is 14.4 Å². The number of fused-ring (bicyclic) bond motifs is 4. The number of esters is 1. The van der Waals surface area contributed by atoms with Crippen LogP contribution in [0.15, 0.2) is 23.3 Å². The molecule has 3 spiro atoms. The van der Waals surface area contributed by atoms with Gasteiger partial charge in [0.2, 0.25) is 0 Å². The Morgan fingerprint density at radius 3 is 2.28 bits per heavy atom. The lowest BCUT2D eigenvalue weighted by molar-refractivity contribution is -0.301. The van der Waals surface area contributed by atoms with E-state index in [0.29, 0.717) is 6.42 Å². The van der Waals surface area contributed by atoms with Crippen molar-refractivity contribution in [1.82, 2.24) is 0 Å². The first-order valence-corrected chi connectivity index (χ1v) is 13.8. The minimum atomic E-state index is -0.893. The minimum absolute atomic E-state index is 0.0288. The molecule has 5 nitrogen and oxygen atoms in total. The average molecular weight is 488 g/mol. The van der Waals surface area contributed by atoms with E-state index in [1.54, 1.807) is 0 Å². The highest BCUT2D eigenvalue weighted by molar-refractivity contribution is 6.08. The zero-order valence-electron chi connectivity index (χ0n) is 22.5. The molecule has 2 saturated heterocycles. The van der Waals surface area contributed by atoms with Gasteiger partial charge in [0.15, 0.2) is 11.6 Å². The molecule has 2 heterocycles. The molecule has 8 rings (SSSR count). The van der Waals surface area contributed by atoms with Crippen LogP contribution in [0.2, 0.25) is 0 Å². The van der Waals surface area contributed by atoms with Crippen molar-refractivity contribution in [3.63, 3.8) is 0 Å². The molecule has 4 saturated carbocycles. The number of hydrogen-bond acceptors (Lipinski definition) is 5. The topological polar surface area (TPSA) is 84.2 Å². The molecule has 8 atom stereocenters. The van der Waals surface area contributed by atoms with Gasteiger partial charge in [-0.25, -0.2) is 0 Å². The molecule has 0 N–H and O–H groups in total. The number of nitrogens with zero attached hydrogens (tertiary/aromatic N) is 1. The third-order valence-electron chi connectivity index (χ3n) is 13.6. The Balaban J connectivity index is 1.49. The summed E-state index contributed by atoms with van der Waals surface area (Å²) in [7, 11) is 0. The first kappa shape index (κ1) is 22.9. The van der Waals surface area contributed by atoms with Crippen molar-refractivity contribution in [2.45, 2.75) is 98.5 Å². The number of carbonyl (C=O) groups excluding carboxylic acids is 3. The smallest absolute Gasteiger partial charge is 0.313 e. The van der Waals surface area contributed by atoms with Crippen LogP contribution in [-0.4, -0.2) is 23.1 Å². The SMILES string of the molecule is CC1(C)CC[C@@]23CC[C@@]4(OC2=O)[C@@](C)(C(=O)C=C2[C@@]5(C)C=C(C#N)C(=O)C6(C)C[C@]65CC[C@]24C)C3C1. The molecule has 0 aromatic rings. The number of allylic oxidation sites excluding steroid dienone is 3. The summed E-state index contributed by atoms with van der Waals surface area (Å²) in [5, 5.41) is 9.88. The lowest BCUT2D eigenvalue weighted by atomic mass is 9.32. The summed E-state index contributed by atoms with van der Waals surface area (Å²) < 4.78 is 6.67. The summed E-state index contributed by atoms with van der Waals surface area (Å²) >= 11 is 0. The third kappa shape index (κ3) is 1.90. The van der Waals surface area contributed by atoms with Crippen LogP contribution in [0.1, 0.15) is 92.9 Å². The summed E-state index contributed by atoms with van der Waals surface area (Å²) in [6.07, 6.45) is 10.3. The van der Waals surface area contributed by atoms with E-state index >= 15 is 0 Å². The standard InChI is InChI=1S/C31H37NO4/c1-24(2)7-9-29-10-12-31(36-23(29)35)25(3)8-11-30-17-27(30,5)22(34)18(16-32)14-26(30,4)19(25)13-21(33)28(31,6)20(29)15-24/h13-14,20H,7-12,15,17H2,1-6H3/t20?,25-,26-,27?,28-,29+,30+,31+/m1/s1. The molecule has 36 heavy (non-hydrogen) atoms. The molecule has 2 bridgehead atoms. The summed E-state index contributed by atoms with van der Waals surface area (Å²) in [5.41, 5.74) is -2.89. The van der Waals surface area contributed by atoms with Crippen molar-refractivity contribution in [3.05, 3.63) is 23.3 Å². The first-order chi connectivity index (χ1) is 16.6. The summed E-state index contributed by atoms with van der Waals surface area (Å²) in [5.74, 6) is -0.0823. The van der Waals surface area contributed by atoms with Crippen LogP contribution in [0, 0.1) is 55.2 Å². The summed E-state index contributed by atoms with van der Waals surface area (Å²) in [6, 6.07) is 2.17. The minimum Gasteiger partial charge on any atom is -0.457 e. The largest absolute Gasteiger partial charge is 0.457 e. The fourth-order valence-corrected chi connectivity index (χ4v) is 11.3. The second-order valence-electron chi connectivity index (χ2n) is 15.0. The van der Waals surface area contributed by atoms with Gasteiger partial charge in [0, 0.05) is 16.2 Å². The van der Waals surface area contributed by atoms with Crippen LogP contribution in [0.25, 0.3) is 0 Å². The molecule has 6 aliphatic carbocycles. The molecule has 8 aliphatic rings. The highest BCUT2D eigenvalue weighted by atomic mass is 16.6. The molecular weight excluding hydrogens is 450 g/mol. The van der Waals surface area contributed by atoms with Crippen molar-refractivity contribution in [2.24, 2.45) is 43.8 Å². The van der Waals surface area contributed by atoms with Gasteiger partial charge >= 0.3 is 5.97 Å². The van der Waals surface area contributed by atoms with E-state index in [9.17, 15) is 19.6 Å². The fourth-order valence-electron chi connectivity index (χ4n) is 11.3. The van der Waals surface area contributed by atoms with E-state index in [2.05, 4.69) is 40.7 Å². The predicted molar refractivity (Wildman–Crippen MR) is 132 cm³/mol. The Labute approximate surface area is 213 Å². The quantitative estimate of drug-likeness (QED) is 0.413. The Morgan fingerprint density at radius 1 is 0.917 bits per heavy atom. The van der Waals surface area contributed by atoms with Gasteiger partial charge in [0.25, 0.3) is 0 Å². The van der Waals surface area contributed by atoms with Crippen LogP contribution in [0.4, 0.5) is 0 Å². The van der Waals surface area contributed by atoms with E-state index in [1.807, 2.05) is 19.1 Å². The normalized spacial score (nSPS) is 55.5.